The molecule has 0 fully saturated rings. The van der Waals surface area contributed by atoms with E-state index in [0.717, 1.165) is 16.3 Å². The van der Waals surface area contributed by atoms with E-state index in [0.29, 0.717) is 15.8 Å². The van der Waals surface area contributed by atoms with Crippen molar-refractivity contribution in [3.63, 3.8) is 0 Å². The third kappa shape index (κ3) is 2.30. The van der Waals surface area contributed by atoms with Gasteiger partial charge in [0.2, 0.25) is 4.96 Å². The highest BCUT2D eigenvalue weighted by atomic mass is 35.5. The molecular weight excluding hydrogens is 339 g/mol. The van der Waals surface area contributed by atoms with Crippen molar-refractivity contribution in [3.05, 3.63) is 40.9 Å². The molecule has 9 heteroatoms. The number of fused-ring (bicyclic) bond motifs is 1. The Morgan fingerprint density at radius 3 is 2.74 bits per heavy atom. The molecule has 0 saturated heterocycles. The average Bonchev–Trinajstić information content (AvgIpc) is 3.15. The van der Waals surface area contributed by atoms with Crippen LogP contribution in [-0.4, -0.2) is 29.6 Å². The fourth-order valence-corrected chi connectivity index (χ4v) is 3.45. The summed E-state index contributed by atoms with van der Waals surface area (Å²) in [6.07, 6.45) is 1.89. The van der Waals surface area contributed by atoms with E-state index in [2.05, 4.69) is 20.4 Å². The van der Waals surface area contributed by atoms with Crippen molar-refractivity contribution in [1.29, 1.82) is 0 Å². The van der Waals surface area contributed by atoms with Crippen molar-refractivity contribution in [3.8, 4) is 22.0 Å². The summed E-state index contributed by atoms with van der Waals surface area (Å²) in [5.41, 5.74) is 2.05. The second-order valence-corrected chi connectivity index (χ2v) is 6.44. The van der Waals surface area contributed by atoms with Crippen LogP contribution in [0.3, 0.4) is 0 Å². The van der Waals surface area contributed by atoms with E-state index in [-0.39, 0.29) is 5.56 Å². The molecule has 0 aliphatic carbocycles. The van der Waals surface area contributed by atoms with Gasteiger partial charge in [0.1, 0.15) is 5.82 Å². The third-order valence-electron chi connectivity index (χ3n) is 3.40. The minimum atomic E-state index is -0.421. The summed E-state index contributed by atoms with van der Waals surface area (Å²) >= 11 is 7.33. The first-order chi connectivity index (χ1) is 11.0. The molecule has 6 nitrogen and oxygen atoms in total. The topological polar surface area (TPSA) is 60.9 Å². The molecule has 4 aromatic rings. The lowest BCUT2D eigenvalue weighted by molar-refractivity contribution is 0.629. The van der Waals surface area contributed by atoms with Crippen molar-refractivity contribution in [2.24, 2.45) is 7.05 Å². The lowest BCUT2D eigenvalue weighted by Gasteiger charge is -2.00. The van der Waals surface area contributed by atoms with Crippen LogP contribution in [0.1, 0.15) is 5.69 Å². The molecule has 0 saturated carbocycles. The molecule has 1 aromatic carbocycles. The maximum atomic E-state index is 14.1. The van der Waals surface area contributed by atoms with Gasteiger partial charge in [0, 0.05) is 18.3 Å². The predicted molar refractivity (Wildman–Crippen MR) is 86.0 cm³/mol. The Morgan fingerprint density at radius 2 is 2.00 bits per heavy atom. The molecule has 23 heavy (non-hydrogen) atoms. The van der Waals surface area contributed by atoms with E-state index in [4.69, 9.17) is 11.6 Å². The zero-order chi connectivity index (χ0) is 16.1. The first kappa shape index (κ1) is 14.3. The van der Waals surface area contributed by atoms with Crippen molar-refractivity contribution in [1.82, 2.24) is 29.6 Å². The average molecular weight is 349 g/mol. The van der Waals surface area contributed by atoms with Crippen molar-refractivity contribution >= 4 is 27.9 Å². The zero-order valence-corrected chi connectivity index (χ0v) is 13.7. The van der Waals surface area contributed by atoms with Gasteiger partial charge in [0.05, 0.1) is 16.8 Å². The van der Waals surface area contributed by atoms with Gasteiger partial charge in [-0.25, -0.2) is 4.39 Å². The number of aromatic nitrogens is 6. The minimum Gasteiger partial charge on any atom is -0.275 e. The molecule has 0 amide bonds. The molecular formula is C14H10ClFN6S. The number of aryl methyl sites for hydroxylation is 2. The number of nitrogens with zero attached hydrogens (tertiary/aromatic N) is 6. The number of hydrogen-bond donors (Lipinski definition) is 0. The summed E-state index contributed by atoms with van der Waals surface area (Å²) in [5.74, 6) is -0.0974. The van der Waals surface area contributed by atoms with Crippen molar-refractivity contribution < 1.29 is 4.39 Å². The largest absolute Gasteiger partial charge is 0.275 e. The standard InChI is InChI=1S/C14H10ClFN6S/c1-7-10(6-21(2)19-7)13-20-22-12(17-18-14(22)23-13)9-5-8(15)3-4-11(9)16/h3-6H,1-2H3. The fraction of sp³-hybridized carbons (Fsp3) is 0.143. The van der Waals surface area contributed by atoms with Crippen LogP contribution < -0.4 is 0 Å². The van der Waals surface area contributed by atoms with E-state index in [1.54, 1.807) is 4.68 Å². The molecule has 3 heterocycles. The Kier molecular flexibility index (Phi) is 3.17. The Labute approximate surface area is 139 Å². The molecule has 0 unspecified atom stereocenters. The Balaban J connectivity index is 1.90. The van der Waals surface area contributed by atoms with Gasteiger partial charge in [-0.15, -0.1) is 10.2 Å². The van der Waals surface area contributed by atoms with Gasteiger partial charge < -0.3 is 0 Å². The molecule has 0 bridgehead atoms. The maximum Gasteiger partial charge on any atom is 0.235 e. The first-order valence-corrected chi connectivity index (χ1v) is 7.90. The summed E-state index contributed by atoms with van der Waals surface area (Å²) in [4.78, 5) is 0.581. The van der Waals surface area contributed by atoms with Gasteiger partial charge in [0.15, 0.2) is 10.8 Å². The quantitative estimate of drug-likeness (QED) is 0.557. The Hall–Kier alpha value is -2.32. The normalized spacial score (nSPS) is 11.5. The number of benzene rings is 1. The monoisotopic (exact) mass is 348 g/mol. The van der Waals surface area contributed by atoms with Crippen molar-refractivity contribution in [2.45, 2.75) is 6.92 Å². The fourth-order valence-electron chi connectivity index (χ4n) is 2.37. The molecule has 0 aliphatic heterocycles. The van der Waals surface area contributed by atoms with Crippen LogP contribution in [0.5, 0.6) is 0 Å². The van der Waals surface area contributed by atoms with Crippen LogP contribution >= 0.6 is 22.9 Å². The van der Waals surface area contributed by atoms with Crippen LogP contribution in [-0.2, 0) is 7.05 Å². The maximum absolute atomic E-state index is 14.1. The highest BCUT2D eigenvalue weighted by molar-refractivity contribution is 7.19. The Morgan fingerprint density at radius 1 is 1.17 bits per heavy atom. The van der Waals surface area contributed by atoms with Crippen LogP contribution in [0.15, 0.2) is 24.4 Å². The summed E-state index contributed by atoms with van der Waals surface area (Å²) in [5, 5.41) is 18.1. The zero-order valence-electron chi connectivity index (χ0n) is 12.2. The summed E-state index contributed by atoms with van der Waals surface area (Å²) in [6.45, 7) is 1.91. The molecule has 0 radical (unpaired) electrons. The highest BCUT2D eigenvalue weighted by Gasteiger charge is 2.19. The van der Waals surface area contributed by atoms with E-state index in [1.165, 1.54) is 34.1 Å². The number of rotatable bonds is 2. The summed E-state index contributed by atoms with van der Waals surface area (Å²) in [7, 11) is 1.85. The van der Waals surface area contributed by atoms with E-state index >= 15 is 0 Å². The predicted octanol–water partition coefficient (Wildman–Crippen LogP) is 3.35. The van der Waals surface area contributed by atoms with Gasteiger partial charge >= 0.3 is 0 Å². The molecule has 0 atom stereocenters. The lowest BCUT2D eigenvalue weighted by atomic mass is 10.2. The number of hydrogen-bond acceptors (Lipinski definition) is 5. The van der Waals surface area contributed by atoms with Crippen LogP contribution in [0.4, 0.5) is 4.39 Å². The van der Waals surface area contributed by atoms with Gasteiger partial charge in [-0.05, 0) is 25.1 Å². The minimum absolute atomic E-state index is 0.268. The van der Waals surface area contributed by atoms with E-state index < -0.39 is 5.82 Å². The van der Waals surface area contributed by atoms with E-state index in [1.807, 2.05) is 20.2 Å². The van der Waals surface area contributed by atoms with Crippen LogP contribution in [0.2, 0.25) is 5.02 Å². The third-order valence-corrected chi connectivity index (χ3v) is 4.57. The SMILES string of the molecule is Cc1nn(C)cc1-c1nn2c(-c3cc(Cl)ccc3F)nnc2s1. The second kappa shape index (κ2) is 5.10. The van der Waals surface area contributed by atoms with E-state index in [9.17, 15) is 4.39 Å². The molecule has 4 rings (SSSR count). The van der Waals surface area contributed by atoms with Crippen LogP contribution in [0.25, 0.3) is 26.9 Å². The summed E-state index contributed by atoms with van der Waals surface area (Å²) < 4.78 is 17.3. The molecule has 0 N–H and O–H groups in total. The smallest absolute Gasteiger partial charge is 0.235 e. The number of halogens is 2. The lowest BCUT2D eigenvalue weighted by Crippen LogP contribution is -1.94. The second-order valence-electron chi connectivity index (χ2n) is 5.05. The van der Waals surface area contributed by atoms with Crippen molar-refractivity contribution in [2.75, 3.05) is 0 Å². The first-order valence-electron chi connectivity index (χ1n) is 6.71. The van der Waals surface area contributed by atoms with Gasteiger partial charge in [-0.1, -0.05) is 22.9 Å². The molecule has 0 aliphatic rings. The molecule has 0 spiro atoms. The molecule has 116 valence electrons. The highest BCUT2D eigenvalue weighted by Crippen LogP contribution is 2.31. The molecule has 3 aromatic heterocycles. The van der Waals surface area contributed by atoms with Crippen LogP contribution in [0, 0.1) is 12.7 Å². The van der Waals surface area contributed by atoms with Gasteiger partial charge in [0.25, 0.3) is 0 Å². The summed E-state index contributed by atoms with van der Waals surface area (Å²) in [6, 6.07) is 4.31. The van der Waals surface area contributed by atoms with Gasteiger partial charge in [-0.2, -0.15) is 14.7 Å². The Bertz CT molecular complexity index is 1030. The van der Waals surface area contributed by atoms with Gasteiger partial charge in [-0.3, -0.25) is 4.68 Å².